The lowest BCUT2D eigenvalue weighted by Crippen LogP contribution is -2.56. The Hall–Kier alpha value is -0.820. The van der Waals surface area contributed by atoms with Gasteiger partial charge in [-0.25, -0.2) is 0 Å². The van der Waals surface area contributed by atoms with E-state index >= 15 is 0 Å². The molecule has 0 saturated carbocycles. The van der Waals surface area contributed by atoms with Gasteiger partial charge < -0.3 is 15.0 Å². The molecule has 1 unspecified atom stereocenters. The standard InChI is InChI=1S/C16H26N4O2.2ClH/c1-10-14(11(2)19(4)18-10)13-6-5-8-20(13)16(21)15-12(3)22-9-7-17-15;;/h12-13,15,17H,5-9H2,1-4H3;2*1H/t12-,13?,15+;;/m1../s1. The summed E-state index contributed by atoms with van der Waals surface area (Å²) in [4.78, 5) is 15.0. The number of hydrogen-bond acceptors (Lipinski definition) is 4. The SMILES string of the molecule is Cc1nn(C)c(C)c1C1CCCN1C(=O)[C@H]1NCCO[C@@H]1C.Cl.Cl. The van der Waals surface area contributed by atoms with Crippen LogP contribution in [0.4, 0.5) is 0 Å². The Kier molecular flexibility index (Phi) is 7.53. The molecule has 0 aromatic carbocycles. The Morgan fingerprint density at radius 1 is 1.33 bits per heavy atom. The number of nitrogens with one attached hydrogen (secondary N) is 1. The molecule has 1 N–H and O–H groups in total. The predicted molar refractivity (Wildman–Crippen MR) is 98.1 cm³/mol. The van der Waals surface area contributed by atoms with Crippen molar-refractivity contribution in [2.45, 2.75) is 51.8 Å². The smallest absolute Gasteiger partial charge is 0.242 e. The van der Waals surface area contributed by atoms with Gasteiger partial charge in [-0.3, -0.25) is 9.48 Å². The van der Waals surface area contributed by atoms with E-state index in [1.807, 2.05) is 30.5 Å². The van der Waals surface area contributed by atoms with E-state index in [1.54, 1.807) is 0 Å². The molecule has 138 valence electrons. The van der Waals surface area contributed by atoms with Crippen LogP contribution in [0, 0.1) is 13.8 Å². The van der Waals surface area contributed by atoms with E-state index in [9.17, 15) is 4.79 Å². The second-order valence-electron chi connectivity index (χ2n) is 6.41. The number of hydrogen-bond donors (Lipinski definition) is 1. The van der Waals surface area contributed by atoms with E-state index in [2.05, 4.69) is 17.3 Å². The normalized spacial score (nSPS) is 26.7. The minimum absolute atomic E-state index is 0. The molecule has 0 spiro atoms. The Labute approximate surface area is 156 Å². The van der Waals surface area contributed by atoms with Gasteiger partial charge in [-0.1, -0.05) is 0 Å². The number of carbonyl (C=O) groups is 1. The maximum atomic E-state index is 13.0. The molecule has 8 heteroatoms. The van der Waals surface area contributed by atoms with Crippen molar-refractivity contribution in [1.82, 2.24) is 20.0 Å². The fraction of sp³-hybridized carbons (Fsp3) is 0.750. The first-order valence-corrected chi connectivity index (χ1v) is 8.16. The number of aromatic nitrogens is 2. The van der Waals surface area contributed by atoms with E-state index in [4.69, 9.17) is 4.74 Å². The number of morpholine rings is 1. The Morgan fingerprint density at radius 2 is 2.04 bits per heavy atom. The second kappa shape index (κ2) is 8.52. The molecule has 0 bridgehead atoms. The number of likely N-dealkylation sites (tertiary alicyclic amines) is 1. The van der Waals surface area contributed by atoms with Crippen LogP contribution in [0.15, 0.2) is 0 Å². The third-order valence-electron chi connectivity index (χ3n) is 5.02. The van der Waals surface area contributed by atoms with Crippen LogP contribution in [0.1, 0.15) is 42.8 Å². The fourth-order valence-electron chi connectivity index (χ4n) is 3.79. The van der Waals surface area contributed by atoms with Crippen LogP contribution in [0.25, 0.3) is 0 Å². The summed E-state index contributed by atoms with van der Waals surface area (Å²) in [5.74, 6) is 0.164. The number of nitrogens with zero attached hydrogens (tertiary/aromatic N) is 3. The quantitative estimate of drug-likeness (QED) is 0.853. The van der Waals surface area contributed by atoms with Crippen LogP contribution in [-0.4, -0.2) is 52.4 Å². The topological polar surface area (TPSA) is 59.4 Å². The molecule has 2 aliphatic rings. The zero-order valence-electron chi connectivity index (χ0n) is 14.7. The van der Waals surface area contributed by atoms with E-state index in [-0.39, 0.29) is 48.9 Å². The zero-order chi connectivity index (χ0) is 15.9. The van der Waals surface area contributed by atoms with Crippen molar-refractivity contribution in [2.24, 2.45) is 7.05 Å². The van der Waals surface area contributed by atoms with Crippen molar-refractivity contribution in [3.8, 4) is 0 Å². The summed E-state index contributed by atoms with van der Waals surface area (Å²) in [6.07, 6.45) is 1.99. The maximum absolute atomic E-state index is 13.0. The van der Waals surface area contributed by atoms with Crippen molar-refractivity contribution >= 4 is 30.7 Å². The Morgan fingerprint density at radius 3 is 2.62 bits per heavy atom. The van der Waals surface area contributed by atoms with Crippen molar-refractivity contribution < 1.29 is 9.53 Å². The molecule has 2 fully saturated rings. The first kappa shape index (κ1) is 21.2. The third kappa shape index (κ3) is 3.72. The lowest BCUT2D eigenvalue weighted by atomic mass is 10.0. The molecule has 1 aromatic rings. The highest BCUT2D eigenvalue weighted by atomic mass is 35.5. The first-order chi connectivity index (χ1) is 10.5. The van der Waals surface area contributed by atoms with Crippen LogP contribution in [-0.2, 0) is 16.6 Å². The van der Waals surface area contributed by atoms with Crippen molar-refractivity contribution in [2.75, 3.05) is 19.7 Å². The summed E-state index contributed by atoms with van der Waals surface area (Å²) >= 11 is 0. The zero-order valence-corrected chi connectivity index (χ0v) is 16.4. The van der Waals surface area contributed by atoms with Gasteiger partial charge in [0, 0.05) is 31.4 Å². The largest absolute Gasteiger partial charge is 0.375 e. The molecule has 2 saturated heterocycles. The van der Waals surface area contributed by atoms with Crippen LogP contribution in [0.5, 0.6) is 0 Å². The summed E-state index contributed by atoms with van der Waals surface area (Å²) in [5, 5.41) is 7.83. The van der Waals surface area contributed by atoms with Crippen LogP contribution in [0.2, 0.25) is 0 Å². The van der Waals surface area contributed by atoms with Gasteiger partial charge in [0.05, 0.1) is 24.4 Å². The molecule has 3 atom stereocenters. The number of carbonyl (C=O) groups excluding carboxylic acids is 1. The monoisotopic (exact) mass is 378 g/mol. The van der Waals surface area contributed by atoms with Gasteiger partial charge in [0.2, 0.25) is 5.91 Å². The third-order valence-corrected chi connectivity index (χ3v) is 5.02. The summed E-state index contributed by atoms with van der Waals surface area (Å²) in [5.41, 5.74) is 3.41. The summed E-state index contributed by atoms with van der Waals surface area (Å²) in [7, 11) is 1.96. The minimum atomic E-state index is -0.230. The molecule has 24 heavy (non-hydrogen) atoms. The van der Waals surface area contributed by atoms with Gasteiger partial charge in [-0.05, 0) is 33.6 Å². The highest BCUT2D eigenvalue weighted by Gasteiger charge is 2.39. The number of halogens is 2. The van der Waals surface area contributed by atoms with Crippen LogP contribution < -0.4 is 5.32 Å². The summed E-state index contributed by atoms with van der Waals surface area (Å²) in [6.45, 7) is 8.33. The van der Waals surface area contributed by atoms with Crippen molar-refractivity contribution in [3.05, 3.63) is 17.0 Å². The molecule has 1 aromatic heterocycles. The van der Waals surface area contributed by atoms with Crippen molar-refractivity contribution in [1.29, 1.82) is 0 Å². The highest BCUT2D eigenvalue weighted by Crippen LogP contribution is 2.36. The van der Waals surface area contributed by atoms with Gasteiger partial charge in [0.25, 0.3) is 0 Å². The summed E-state index contributed by atoms with van der Waals surface area (Å²) < 4.78 is 7.55. The molecule has 3 heterocycles. The average molecular weight is 379 g/mol. The molecule has 0 radical (unpaired) electrons. The van der Waals surface area contributed by atoms with Gasteiger partial charge in [-0.2, -0.15) is 5.10 Å². The average Bonchev–Trinajstić information content (AvgIpc) is 3.04. The van der Waals surface area contributed by atoms with Crippen molar-refractivity contribution in [3.63, 3.8) is 0 Å². The van der Waals surface area contributed by atoms with Gasteiger partial charge >= 0.3 is 0 Å². The summed E-state index contributed by atoms with van der Waals surface area (Å²) in [6, 6.07) is -0.0799. The number of aryl methyl sites for hydroxylation is 2. The number of amides is 1. The maximum Gasteiger partial charge on any atom is 0.242 e. The Bertz CT molecular complexity index is 579. The lowest BCUT2D eigenvalue weighted by Gasteiger charge is -2.34. The Balaban J connectivity index is 0.00000144. The molecular weight excluding hydrogens is 351 g/mol. The molecule has 2 aliphatic heterocycles. The molecule has 0 aliphatic carbocycles. The molecule has 3 rings (SSSR count). The van der Waals surface area contributed by atoms with E-state index in [1.165, 1.54) is 5.56 Å². The first-order valence-electron chi connectivity index (χ1n) is 8.16. The number of ether oxygens (including phenoxy) is 1. The van der Waals surface area contributed by atoms with Crippen LogP contribution in [0.3, 0.4) is 0 Å². The predicted octanol–water partition coefficient (Wildman–Crippen LogP) is 1.92. The van der Waals surface area contributed by atoms with E-state index in [0.29, 0.717) is 6.61 Å². The lowest BCUT2D eigenvalue weighted by molar-refractivity contribution is -0.140. The number of rotatable bonds is 2. The van der Waals surface area contributed by atoms with Gasteiger partial charge in [0.15, 0.2) is 0 Å². The van der Waals surface area contributed by atoms with E-state index in [0.717, 1.165) is 37.3 Å². The molecule has 1 amide bonds. The van der Waals surface area contributed by atoms with E-state index < -0.39 is 0 Å². The molecule has 6 nitrogen and oxygen atoms in total. The van der Waals surface area contributed by atoms with Gasteiger partial charge in [0.1, 0.15) is 6.04 Å². The fourth-order valence-corrected chi connectivity index (χ4v) is 3.79. The van der Waals surface area contributed by atoms with Gasteiger partial charge in [-0.15, -0.1) is 24.8 Å². The molecular formula is C16H28Cl2N4O2. The minimum Gasteiger partial charge on any atom is -0.375 e. The second-order valence-corrected chi connectivity index (χ2v) is 6.41. The highest BCUT2D eigenvalue weighted by molar-refractivity contribution is 5.85. The van der Waals surface area contributed by atoms with Crippen LogP contribution >= 0.6 is 24.8 Å².